The number of anilines is 2. The molecule has 2 fully saturated rings. The molecule has 0 radical (unpaired) electrons. The lowest BCUT2D eigenvalue weighted by Crippen LogP contribution is -2.51. The highest BCUT2D eigenvalue weighted by atomic mass is 16.5. The van der Waals surface area contributed by atoms with Crippen molar-refractivity contribution in [3.63, 3.8) is 0 Å². The third-order valence-electron chi connectivity index (χ3n) is 5.87. The van der Waals surface area contributed by atoms with E-state index in [0.29, 0.717) is 19.6 Å². The summed E-state index contributed by atoms with van der Waals surface area (Å²) in [5.74, 6) is 2.02. The number of piperidine rings is 1. The molecule has 1 aromatic rings. The molecule has 1 spiro atoms. The van der Waals surface area contributed by atoms with Gasteiger partial charge in [0.2, 0.25) is 11.9 Å². The molecule has 142 valence electrons. The maximum atomic E-state index is 11.6. The number of hydrogen-bond acceptors (Lipinski definition) is 6. The lowest BCUT2D eigenvalue weighted by Gasteiger charge is -2.42. The first-order valence-electron chi connectivity index (χ1n) is 9.79. The van der Waals surface area contributed by atoms with Crippen molar-refractivity contribution in [2.24, 2.45) is 0 Å². The van der Waals surface area contributed by atoms with Gasteiger partial charge in [0.15, 0.2) is 0 Å². The average molecular weight is 359 g/mol. The largest absolute Gasteiger partial charge is 0.372 e. The predicted octanol–water partition coefficient (Wildman–Crippen LogP) is 1.30. The molecule has 3 heterocycles. The molecular formula is C19H29N5O2. The van der Waals surface area contributed by atoms with Crippen LogP contribution in [0.15, 0.2) is 0 Å². The third kappa shape index (κ3) is 3.37. The third-order valence-corrected chi connectivity index (χ3v) is 5.87. The van der Waals surface area contributed by atoms with E-state index in [1.165, 1.54) is 24.1 Å². The zero-order valence-corrected chi connectivity index (χ0v) is 15.9. The summed E-state index contributed by atoms with van der Waals surface area (Å²) < 4.78 is 6.11. The summed E-state index contributed by atoms with van der Waals surface area (Å²) in [7, 11) is 4.00. The molecule has 0 aromatic carbocycles. The first-order chi connectivity index (χ1) is 12.6. The van der Waals surface area contributed by atoms with Crippen molar-refractivity contribution in [1.29, 1.82) is 0 Å². The Labute approximate surface area is 155 Å². The molecule has 7 heteroatoms. The molecule has 7 nitrogen and oxygen atoms in total. The molecule has 1 N–H and O–H groups in total. The van der Waals surface area contributed by atoms with Crippen molar-refractivity contribution in [1.82, 2.24) is 15.3 Å². The molecule has 0 atom stereocenters. The summed E-state index contributed by atoms with van der Waals surface area (Å²) in [5.41, 5.74) is 2.36. The van der Waals surface area contributed by atoms with Gasteiger partial charge in [-0.2, -0.15) is 4.98 Å². The highest BCUT2D eigenvalue weighted by Crippen LogP contribution is 2.34. The summed E-state index contributed by atoms with van der Waals surface area (Å²) in [4.78, 5) is 25.7. The number of aromatic nitrogens is 2. The molecular weight excluding hydrogens is 330 g/mol. The molecule has 0 unspecified atom stereocenters. The van der Waals surface area contributed by atoms with Crippen molar-refractivity contribution < 1.29 is 9.53 Å². The lowest BCUT2D eigenvalue weighted by atomic mass is 9.90. The number of hydrogen-bond donors (Lipinski definition) is 1. The Morgan fingerprint density at radius 1 is 1.12 bits per heavy atom. The van der Waals surface area contributed by atoms with E-state index in [9.17, 15) is 4.79 Å². The number of nitrogens with zero attached hydrogens (tertiary/aromatic N) is 4. The number of rotatable bonds is 2. The minimum atomic E-state index is -0.208. The SMILES string of the molecule is CN(C)c1nc2c(c(N3CCC4(CC3)CNC(=O)CCO4)n1)CCCC2. The molecule has 1 aliphatic carbocycles. The lowest BCUT2D eigenvalue weighted by molar-refractivity contribution is -0.120. The zero-order valence-electron chi connectivity index (χ0n) is 15.9. The van der Waals surface area contributed by atoms with Gasteiger partial charge in [0.05, 0.1) is 17.9 Å². The second kappa shape index (κ2) is 7.02. The van der Waals surface area contributed by atoms with Crippen molar-refractivity contribution in [2.45, 2.75) is 50.5 Å². The summed E-state index contributed by atoms with van der Waals surface area (Å²) in [6, 6.07) is 0. The normalized spacial score (nSPS) is 22.5. The fraction of sp³-hybridized carbons (Fsp3) is 0.737. The standard InChI is InChI=1S/C19H29N5O2/c1-23(2)18-21-15-6-4-3-5-14(15)17(22-18)24-10-8-19(9-11-24)13-20-16(25)7-12-26-19/h3-13H2,1-2H3,(H,20,25). The van der Waals surface area contributed by atoms with Crippen LogP contribution in [-0.2, 0) is 22.4 Å². The molecule has 2 aliphatic heterocycles. The molecule has 0 saturated carbocycles. The van der Waals surface area contributed by atoms with E-state index in [1.807, 2.05) is 19.0 Å². The maximum absolute atomic E-state index is 11.6. The Bertz CT molecular complexity index is 683. The minimum Gasteiger partial charge on any atom is -0.372 e. The second-order valence-electron chi connectivity index (χ2n) is 7.92. The Kier molecular flexibility index (Phi) is 4.73. The number of ether oxygens (including phenoxy) is 1. The van der Waals surface area contributed by atoms with Crippen molar-refractivity contribution in [3.05, 3.63) is 11.3 Å². The van der Waals surface area contributed by atoms with Crippen molar-refractivity contribution in [3.8, 4) is 0 Å². The first kappa shape index (κ1) is 17.5. The number of nitrogens with one attached hydrogen (secondary N) is 1. The number of amides is 1. The van der Waals surface area contributed by atoms with Gasteiger partial charge in [0, 0.05) is 45.7 Å². The van der Waals surface area contributed by atoms with E-state index in [2.05, 4.69) is 10.2 Å². The van der Waals surface area contributed by atoms with Crippen LogP contribution in [0.25, 0.3) is 0 Å². The highest BCUT2D eigenvalue weighted by molar-refractivity contribution is 5.76. The maximum Gasteiger partial charge on any atom is 0.227 e. The van der Waals surface area contributed by atoms with Gasteiger partial charge >= 0.3 is 0 Å². The molecule has 0 bridgehead atoms. The van der Waals surface area contributed by atoms with Gasteiger partial charge in [-0.15, -0.1) is 0 Å². The Morgan fingerprint density at radius 2 is 1.88 bits per heavy atom. The summed E-state index contributed by atoms with van der Waals surface area (Å²) in [6.07, 6.45) is 6.87. The van der Waals surface area contributed by atoms with E-state index in [-0.39, 0.29) is 11.5 Å². The summed E-state index contributed by atoms with van der Waals surface area (Å²) in [6.45, 7) is 2.97. The van der Waals surface area contributed by atoms with Crippen LogP contribution in [0.5, 0.6) is 0 Å². The molecule has 26 heavy (non-hydrogen) atoms. The van der Waals surface area contributed by atoms with E-state index >= 15 is 0 Å². The van der Waals surface area contributed by atoms with Gasteiger partial charge in [-0.05, 0) is 38.5 Å². The Balaban J connectivity index is 1.55. The number of aryl methyl sites for hydroxylation is 1. The first-order valence-corrected chi connectivity index (χ1v) is 9.79. The zero-order chi connectivity index (χ0) is 18.1. The summed E-state index contributed by atoms with van der Waals surface area (Å²) in [5, 5.41) is 3.02. The van der Waals surface area contributed by atoms with Gasteiger partial charge in [-0.3, -0.25) is 4.79 Å². The van der Waals surface area contributed by atoms with Crippen LogP contribution in [-0.4, -0.2) is 61.8 Å². The highest BCUT2D eigenvalue weighted by Gasteiger charge is 2.38. The molecule has 1 amide bonds. The van der Waals surface area contributed by atoms with Gasteiger partial charge in [-0.1, -0.05) is 0 Å². The van der Waals surface area contributed by atoms with E-state index in [1.54, 1.807) is 0 Å². The van der Waals surface area contributed by atoms with Crippen LogP contribution < -0.4 is 15.1 Å². The predicted molar refractivity (Wildman–Crippen MR) is 101 cm³/mol. The van der Waals surface area contributed by atoms with Crippen molar-refractivity contribution in [2.75, 3.05) is 50.1 Å². The number of carbonyl (C=O) groups is 1. The van der Waals surface area contributed by atoms with E-state index in [4.69, 9.17) is 14.7 Å². The van der Waals surface area contributed by atoms with Gasteiger partial charge in [0.25, 0.3) is 0 Å². The van der Waals surface area contributed by atoms with Crippen LogP contribution in [0, 0.1) is 0 Å². The van der Waals surface area contributed by atoms with E-state index in [0.717, 1.165) is 50.5 Å². The minimum absolute atomic E-state index is 0.102. The number of carbonyl (C=O) groups excluding carboxylic acids is 1. The molecule has 3 aliphatic rings. The van der Waals surface area contributed by atoms with Crippen molar-refractivity contribution >= 4 is 17.7 Å². The van der Waals surface area contributed by atoms with Crippen LogP contribution in [0.4, 0.5) is 11.8 Å². The van der Waals surface area contributed by atoms with Gasteiger partial charge in [-0.25, -0.2) is 4.98 Å². The fourth-order valence-corrected chi connectivity index (χ4v) is 4.23. The Morgan fingerprint density at radius 3 is 2.65 bits per heavy atom. The van der Waals surface area contributed by atoms with Crippen LogP contribution in [0.3, 0.4) is 0 Å². The fourth-order valence-electron chi connectivity index (χ4n) is 4.23. The van der Waals surface area contributed by atoms with E-state index < -0.39 is 0 Å². The van der Waals surface area contributed by atoms with Gasteiger partial charge in [0.1, 0.15) is 5.82 Å². The average Bonchev–Trinajstić information content (AvgIpc) is 2.83. The van der Waals surface area contributed by atoms with Crippen LogP contribution >= 0.6 is 0 Å². The second-order valence-corrected chi connectivity index (χ2v) is 7.92. The van der Waals surface area contributed by atoms with Gasteiger partial charge < -0.3 is 19.9 Å². The number of fused-ring (bicyclic) bond motifs is 1. The Hall–Kier alpha value is -1.89. The topological polar surface area (TPSA) is 70.6 Å². The summed E-state index contributed by atoms with van der Waals surface area (Å²) >= 11 is 0. The molecule has 4 rings (SSSR count). The molecule has 1 aromatic heterocycles. The van der Waals surface area contributed by atoms with Crippen LogP contribution in [0.1, 0.15) is 43.4 Å². The molecule has 2 saturated heterocycles. The quantitative estimate of drug-likeness (QED) is 0.858. The smallest absolute Gasteiger partial charge is 0.227 e. The van der Waals surface area contributed by atoms with Crippen LogP contribution in [0.2, 0.25) is 0 Å². The monoisotopic (exact) mass is 359 g/mol.